The van der Waals surface area contributed by atoms with Crippen LogP contribution in [0.4, 0.5) is 5.69 Å². The monoisotopic (exact) mass is 359 g/mol. The molecule has 0 radical (unpaired) electrons. The maximum absolute atomic E-state index is 12.9. The molecule has 1 atom stereocenters. The van der Waals surface area contributed by atoms with E-state index in [-0.39, 0.29) is 18.3 Å². The number of methoxy groups -OCH3 is 1. The Kier molecular flexibility index (Phi) is 4.68. The van der Waals surface area contributed by atoms with E-state index in [1.165, 1.54) is 4.90 Å². The van der Waals surface area contributed by atoms with Crippen LogP contribution in [0.5, 0.6) is 11.5 Å². The van der Waals surface area contributed by atoms with E-state index < -0.39 is 5.92 Å². The summed E-state index contributed by atoms with van der Waals surface area (Å²) in [6.07, 6.45) is 0. The van der Waals surface area contributed by atoms with Gasteiger partial charge < -0.3 is 14.4 Å². The highest BCUT2D eigenvalue weighted by Crippen LogP contribution is 2.35. The SMILES string of the molecule is COc1ccc(C(C)C(=O)c2ccc3c(c2)N(C)C(=O)CO3)c(Cl)c1. The van der Waals surface area contributed by atoms with Crippen LogP contribution in [-0.4, -0.2) is 32.5 Å². The molecule has 1 amide bonds. The van der Waals surface area contributed by atoms with E-state index in [0.717, 1.165) is 5.56 Å². The summed E-state index contributed by atoms with van der Waals surface area (Å²) in [5.41, 5.74) is 1.82. The molecule has 1 unspecified atom stereocenters. The molecule has 3 rings (SSSR count). The molecule has 25 heavy (non-hydrogen) atoms. The normalized spacial score (nSPS) is 14.6. The van der Waals surface area contributed by atoms with Gasteiger partial charge in [-0.15, -0.1) is 0 Å². The zero-order valence-electron chi connectivity index (χ0n) is 14.2. The number of ether oxygens (including phenoxy) is 2. The van der Waals surface area contributed by atoms with Gasteiger partial charge in [0.1, 0.15) is 11.5 Å². The number of amides is 1. The van der Waals surface area contributed by atoms with Crippen molar-refractivity contribution in [1.82, 2.24) is 0 Å². The molecule has 0 bridgehead atoms. The van der Waals surface area contributed by atoms with Gasteiger partial charge >= 0.3 is 0 Å². The van der Waals surface area contributed by atoms with Gasteiger partial charge in [0.15, 0.2) is 12.4 Å². The molecule has 1 aliphatic rings. The molecule has 0 fully saturated rings. The summed E-state index contributed by atoms with van der Waals surface area (Å²) in [5, 5.41) is 0.480. The van der Waals surface area contributed by atoms with E-state index in [0.29, 0.717) is 27.8 Å². The van der Waals surface area contributed by atoms with Gasteiger partial charge in [-0.1, -0.05) is 24.6 Å². The average Bonchev–Trinajstić information content (AvgIpc) is 2.63. The van der Waals surface area contributed by atoms with Crippen molar-refractivity contribution in [3.05, 3.63) is 52.5 Å². The second kappa shape index (κ2) is 6.76. The number of nitrogens with zero attached hydrogens (tertiary/aromatic N) is 1. The Morgan fingerprint density at radius 1 is 1.28 bits per heavy atom. The second-order valence-corrected chi connectivity index (χ2v) is 6.30. The summed E-state index contributed by atoms with van der Waals surface area (Å²) >= 11 is 6.29. The Hall–Kier alpha value is -2.53. The van der Waals surface area contributed by atoms with Gasteiger partial charge in [-0.2, -0.15) is 0 Å². The standard InChI is InChI=1S/C19H18ClNO4/c1-11(14-6-5-13(24-3)9-15(14)20)19(23)12-4-7-17-16(8-12)21(2)18(22)10-25-17/h4-9,11H,10H2,1-3H3. The predicted molar refractivity (Wildman–Crippen MR) is 96.1 cm³/mol. The summed E-state index contributed by atoms with van der Waals surface area (Å²) in [5.74, 6) is 0.569. The second-order valence-electron chi connectivity index (χ2n) is 5.90. The molecular formula is C19H18ClNO4. The van der Waals surface area contributed by atoms with E-state index >= 15 is 0 Å². The molecule has 0 aliphatic carbocycles. The van der Waals surface area contributed by atoms with Crippen molar-refractivity contribution >= 4 is 29.0 Å². The third kappa shape index (κ3) is 3.20. The molecule has 0 N–H and O–H groups in total. The van der Waals surface area contributed by atoms with Crippen LogP contribution in [-0.2, 0) is 4.79 Å². The van der Waals surface area contributed by atoms with E-state index in [2.05, 4.69) is 0 Å². The number of likely N-dealkylation sites (N-methyl/N-ethyl adjacent to an activating group) is 1. The molecule has 6 heteroatoms. The lowest BCUT2D eigenvalue weighted by Gasteiger charge is -2.26. The Balaban J connectivity index is 1.92. The van der Waals surface area contributed by atoms with E-state index in [9.17, 15) is 9.59 Å². The zero-order valence-corrected chi connectivity index (χ0v) is 15.0. The summed E-state index contributed by atoms with van der Waals surface area (Å²) in [4.78, 5) is 26.2. The van der Waals surface area contributed by atoms with E-state index in [1.807, 2.05) is 0 Å². The van der Waals surface area contributed by atoms with Crippen LogP contribution in [0, 0.1) is 0 Å². The van der Waals surface area contributed by atoms with Gasteiger partial charge in [0.25, 0.3) is 5.91 Å². The van der Waals surface area contributed by atoms with Crippen LogP contribution in [0.25, 0.3) is 0 Å². The van der Waals surface area contributed by atoms with E-state index in [1.54, 1.807) is 57.5 Å². The topological polar surface area (TPSA) is 55.8 Å². The van der Waals surface area contributed by atoms with Gasteiger partial charge in [0, 0.05) is 23.6 Å². The number of fused-ring (bicyclic) bond motifs is 1. The predicted octanol–water partition coefficient (Wildman–Crippen LogP) is 3.69. The first kappa shape index (κ1) is 17.3. The van der Waals surface area contributed by atoms with Gasteiger partial charge in [-0.25, -0.2) is 0 Å². The van der Waals surface area contributed by atoms with Crippen molar-refractivity contribution in [2.75, 3.05) is 25.7 Å². The Labute approximate surface area is 151 Å². The molecule has 0 saturated carbocycles. The van der Waals surface area contributed by atoms with Crippen molar-refractivity contribution < 1.29 is 19.1 Å². The van der Waals surface area contributed by atoms with Gasteiger partial charge in [-0.3, -0.25) is 9.59 Å². The maximum Gasteiger partial charge on any atom is 0.264 e. The minimum atomic E-state index is -0.429. The van der Waals surface area contributed by atoms with Crippen molar-refractivity contribution in [2.24, 2.45) is 0 Å². The Morgan fingerprint density at radius 3 is 2.72 bits per heavy atom. The number of halogens is 1. The first-order chi connectivity index (χ1) is 11.9. The molecule has 0 spiro atoms. The summed E-state index contributed by atoms with van der Waals surface area (Å²) in [6.45, 7) is 1.81. The number of rotatable bonds is 4. The minimum Gasteiger partial charge on any atom is -0.497 e. The fraction of sp³-hybridized carbons (Fsp3) is 0.263. The zero-order chi connectivity index (χ0) is 18.1. The molecule has 2 aromatic carbocycles. The van der Waals surface area contributed by atoms with E-state index in [4.69, 9.17) is 21.1 Å². The van der Waals surface area contributed by atoms with Crippen LogP contribution >= 0.6 is 11.6 Å². The van der Waals surface area contributed by atoms with Gasteiger partial charge in [0.2, 0.25) is 0 Å². The fourth-order valence-electron chi connectivity index (χ4n) is 2.80. The van der Waals surface area contributed by atoms with Crippen LogP contribution in [0.1, 0.15) is 28.8 Å². The number of carbonyl (C=O) groups is 2. The Bertz CT molecular complexity index is 849. The van der Waals surface area contributed by atoms with Gasteiger partial charge in [0.05, 0.1) is 12.8 Å². The number of hydrogen-bond acceptors (Lipinski definition) is 4. The molecule has 1 aliphatic heterocycles. The van der Waals surface area contributed by atoms with Crippen LogP contribution in [0.3, 0.4) is 0 Å². The van der Waals surface area contributed by atoms with Crippen molar-refractivity contribution in [2.45, 2.75) is 12.8 Å². The average molecular weight is 360 g/mol. The first-order valence-corrected chi connectivity index (χ1v) is 8.21. The summed E-state index contributed by atoms with van der Waals surface area (Å²) < 4.78 is 10.5. The highest BCUT2D eigenvalue weighted by molar-refractivity contribution is 6.32. The van der Waals surface area contributed by atoms with Crippen LogP contribution < -0.4 is 14.4 Å². The molecule has 5 nitrogen and oxygen atoms in total. The molecule has 0 aromatic heterocycles. The highest BCUT2D eigenvalue weighted by Gasteiger charge is 2.25. The maximum atomic E-state index is 12.9. The molecular weight excluding hydrogens is 342 g/mol. The highest BCUT2D eigenvalue weighted by atomic mass is 35.5. The lowest BCUT2D eigenvalue weighted by Crippen LogP contribution is -2.35. The van der Waals surface area contributed by atoms with Crippen LogP contribution in [0.2, 0.25) is 5.02 Å². The van der Waals surface area contributed by atoms with Crippen molar-refractivity contribution in [3.63, 3.8) is 0 Å². The summed E-state index contributed by atoms with van der Waals surface area (Å²) in [7, 11) is 3.23. The smallest absolute Gasteiger partial charge is 0.264 e. The first-order valence-electron chi connectivity index (χ1n) is 7.83. The third-order valence-corrected chi connectivity index (χ3v) is 4.72. The lowest BCUT2D eigenvalue weighted by atomic mass is 9.91. The molecule has 2 aromatic rings. The van der Waals surface area contributed by atoms with Crippen molar-refractivity contribution in [1.29, 1.82) is 0 Å². The number of carbonyl (C=O) groups excluding carboxylic acids is 2. The minimum absolute atomic E-state index is 0.00858. The largest absolute Gasteiger partial charge is 0.497 e. The third-order valence-electron chi connectivity index (χ3n) is 4.40. The number of Topliss-reactive ketones (excluding diaryl/α,β-unsaturated/α-hetero) is 1. The number of benzene rings is 2. The lowest BCUT2D eigenvalue weighted by molar-refractivity contribution is -0.120. The van der Waals surface area contributed by atoms with Gasteiger partial charge in [-0.05, 0) is 35.9 Å². The van der Waals surface area contributed by atoms with Crippen molar-refractivity contribution in [3.8, 4) is 11.5 Å². The number of anilines is 1. The Morgan fingerprint density at radius 2 is 2.04 bits per heavy atom. The number of ketones is 1. The van der Waals surface area contributed by atoms with Crippen LogP contribution in [0.15, 0.2) is 36.4 Å². The molecule has 130 valence electrons. The fourth-order valence-corrected chi connectivity index (χ4v) is 3.14. The molecule has 1 heterocycles. The number of hydrogen-bond donors (Lipinski definition) is 0. The summed E-state index contributed by atoms with van der Waals surface area (Å²) in [6, 6.07) is 10.4. The quantitative estimate of drug-likeness (QED) is 0.781. The molecule has 0 saturated heterocycles.